The third-order valence-electron chi connectivity index (χ3n) is 3.79. The Morgan fingerprint density at radius 3 is 2.57 bits per heavy atom. The molecule has 1 aromatic carbocycles. The van der Waals surface area contributed by atoms with Crippen LogP contribution in [0, 0.1) is 18.3 Å². The zero-order valence-corrected chi connectivity index (χ0v) is 12.9. The van der Waals surface area contributed by atoms with Crippen LogP contribution in [-0.4, -0.2) is 17.6 Å². The van der Waals surface area contributed by atoms with Gasteiger partial charge in [0.1, 0.15) is 6.04 Å². The highest BCUT2D eigenvalue weighted by atomic mass is 19.4. The van der Waals surface area contributed by atoms with Gasteiger partial charge in [0.2, 0.25) is 0 Å². The molecular weight excluding hydrogens is 309 g/mol. The van der Waals surface area contributed by atoms with Gasteiger partial charge in [-0.25, -0.2) is 4.79 Å². The first-order valence-electron chi connectivity index (χ1n) is 6.95. The van der Waals surface area contributed by atoms with Gasteiger partial charge in [-0.3, -0.25) is 0 Å². The Labute approximate surface area is 131 Å². The second kappa shape index (κ2) is 5.95. The van der Waals surface area contributed by atoms with Crippen molar-refractivity contribution in [3.8, 4) is 6.07 Å². The van der Waals surface area contributed by atoms with Crippen LogP contribution in [0.4, 0.5) is 13.2 Å². The Balaban J connectivity index is 2.84. The van der Waals surface area contributed by atoms with Crippen molar-refractivity contribution < 1.29 is 22.7 Å². The molecule has 0 amide bonds. The number of carbonyl (C=O) groups is 1. The topological polar surface area (TPSA) is 55.0 Å². The van der Waals surface area contributed by atoms with Gasteiger partial charge in [0.15, 0.2) is 0 Å². The van der Waals surface area contributed by atoms with Crippen molar-refractivity contribution in [3.63, 3.8) is 0 Å². The maximum absolute atomic E-state index is 13.4. The lowest BCUT2D eigenvalue weighted by Crippen LogP contribution is -2.21. The molecule has 0 spiro atoms. The van der Waals surface area contributed by atoms with Crippen molar-refractivity contribution in [2.75, 3.05) is 7.11 Å². The molecule has 0 saturated heterocycles. The number of carbonyl (C=O) groups excluding carboxylic acids is 1. The van der Waals surface area contributed by atoms with E-state index in [0.29, 0.717) is 12.1 Å². The molecule has 0 aliphatic rings. The lowest BCUT2D eigenvalue weighted by atomic mass is 10.0. The molecule has 0 radical (unpaired) electrons. The molecule has 1 atom stereocenters. The van der Waals surface area contributed by atoms with E-state index in [-0.39, 0.29) is 10.9 Å². The van der Waals surface area contributed by atoms with Gasteiger partial charge >= 0.3 is 12.1 Å². The van der Waals surface area contributed by atoms with Crippen molar-refractivity contribution in [2.24, 2.45) is 0 Å². The van der Waals surface area contributed by atoms with Crippen molar-refractivity contribution in [1.29, 1.82) is 5.26 Å². The summed E-state index contributed by atoms with van der Waals surface area (Å²) in [6, 6.07) is 4.78. The van der Waals surface area contributed by atoms with Crippen molar-refractivity contribution >= 4 is 16.9 Å². The van der Waals surface area contributed by atoms with Gasteiger partial charge in [0.25, 0.3) is 0 Å². The van der Waals surface area contributed by atoms with Crippen LogP contribution in [0.15, 0.2) is 18.2 Å². The molecule has 0 fully saturated rings. The first-order chi connectivity index (χ1) is 10.8. The van der Waals surface area contributed by atoms with E-state index in [4.69, 9.17) is 10.00 Å². The zero-order chi connectivity index (χ0) is 17.4. The smallest absolute Gasteiger partial charge is 0.418 e. The third-order valence-corrected chi connectivity index (χ3v) is 3.79. The maximum atomic E-state index is 13.4. The average Bonchev–Trinajstić information content (AvgIpc) is 2.82. The molecule has 23 heavy (non-hydrogen) atoms. The van der Waals surface area contributed by atoms with Crippen LogP contribution < -0.4 is 0 Å². The van der Waals surface area contributed by atoms with Gasteiger partial charge in [-0.15, -0.1) is 0 Å². The number of rotatable bonds is 3. The van der Waals surface area contributed by atoms with E-state index in [9.17, 15) is 18.0 Å². The number of aryl methyl sites for hydroxylation is 1. The fourth-order valence-electron chi connectivity index (χ4n) is 2.84. The number of ether oxygens (including phenoxy) is 1. The van der Waals surface area contributed by atoms with Crippen molar-refractivity contribution in [2.45, 2.75) is 32.5 Å². The van der Waals surface area contributed by atoms with Crippen molar-refractivity contribution in [3.05, 3.63) is 35.0 Å². The highest BCUT2D eigenvalue weighted by molar-refractivity contribution is 5.89. The number of hydrogen-bond acceptors (Lipinski definition) is 3. The fraction of sp³-hybridized carbons (Fsp3) is 0.375. The molecule has 0 aliphatic carbocycles. The van der Waals surface area contributed by atoms with Crippen molar-refractivity contribution in [1.82, 2.24) is 4.57 Å². The van der Waals surface area contributed by atoms with E-state index in [1.54, 1.807) is 19.9 Å². The summed E-state index contributed by atoms with van der Waals surface area (Å²) in [4.78, 5) is 11.9. The summed E-state index contributed by atoms with van der Waals surface area (Å²) in [5, 5.41) is 8.88. The average molecular weight is 324 g/mol. The molecule has 2 rings (SSSR count). The number of esters is 1. The highest BCUT2D eigenvalue weighted by Crippen LogP contribution is 2.39. The van der Waals surface area contributed by atoms with Crippen LogP contribution in [0.1, 0.15) is 36.2 Å². The standard InChI is InChI=1S/C16H15F3N2O2/c1-4-12(15(22)23-3)21-9(2)7-11-13(21)6-5-10(8-20)14(11)16(17,18)19/h5-7,12H,4H2,1-3H3. The summed E-state index contributed by atoms with van der Waals surface area (Å²) in [7, 11) is 1.24. The molecule has 122 valence electrons. The second-order valence-electron chi connectivity index (χ2n) is 5.13. The first-order valence-corrected chi connectivity index (χ1v) is 6.95. The second-order valence-corrected chi connectivity index (χ2v) is 5.13. The first kappa shape index (κ1) is 16.9. The van der Waals surface area contributed by atoms with Gasteiger partial charge < -0.3 is 9.30 Å². The van der Waals surface area contributed by atoms with Crippen LogP contribution in [0.5, 0.6) is 0 Å². The molecule has 0 bridgehead atoms. The quantitative estimate of drug-likeness (QED) is 0.803. The highest BCUT2D eigenvalue weighted by Gasteiger charge is 2.37. The molecule has 1 aromatic heterocycles. The van der Waals surface area contributed by atoms with Gasteiger partial charge in [0.05, 0.1) is 24.3 Å². The van der Waals surface area contributed by atoms with Crippen LogP contribution in [0.2, 0.25) is 0 Å². The van der Waals surface area contributed by atoms with E-state index in [1.165, 1.54) is 23.8 Å². The molecule has 1 heterocycles. The third kappa shape index (κ3) is 2.77. The van der Waals surface area contributed by atoms with Gasteiger partial charge in [-0.05, 0) is 31.5 Å². The van der Waals surface area contributed by atoms with Crippen LogP contribution >= 0.6 is 0 Å². The summed E-state index contributed by atoms with van der Waals surface area (Å²) >= 11 is 0. The van der Waals surface area contributed by atoms with Gasteiger partial charge in [-0.2, -0.15) is 18.4 Å². The largest absolute Gasteiger partial charge is 0.467 e. The molecular formula is C16H15F3N2O2. The number of fused-ring (bicyclic) bond motifs is 1. The Hall–Kier alpha value is -2.49. The number of methoxy groups -OCH3 is 1. The lowest BCUT2D eigenvalue weighted by Gasteiger charge is -2.18. The Bertz CT molecular complexity index is 800. The molecule has 1 unspecified atom stereocenters. The molecule has 0 N–H and O–H groups in total. The number of nitrogens with zero attached hydrogens (tertiary/aromatic N) is 2. The predicted octanol–water partition coefficient (Wildman–Crippen LogP) is 3.96. The molecule has 2 aromatic rings. The number of hydrogen-bond donors (Lipinski definition) is 0. The summed E-state index contributed by atoms with van der Waals surface area (Å²) in [5.41, 5.74) is -0.656. The van der Waals surface area contributed by atoms with E-state index in [1.807, 2.05) is 0 Å². The Kier molecular flexibility index (Phi) is 4.37. The lowest BCUT2D eigenvalue weighted by molar-refractivity contribution is -0.144. The SMILES string of the molecule is CCC(C(=O)OC)n1c(C)cc2c(C(F)(F)F)c(C#N)ccc21. The van der Waals surface area contributed by atoms with Crippen LogP contribution in [0.25, 0.3) is 10.9 Å². The van der Waals surface area contributed by atoms with Crippen LogP contribution in [-0.2, 0) is 15.7 Å². The van der Waals surface area contributed by atoms with Gasteiger partial charge in [-0.1, -0.05) is 6.92 Å². The summed E-state index contributed by atoms with van der Waals surface area (Å²) in [5.74, 6) is -0.522. The van der Waals surface area contributed by atoms with E-state index < -0.39 is 29.3 Å². The molecule has 4 nitrogen and oxygen atoms in total. The number of nitriles is 1. The van der Waals surface area contributed by atoms with E-state index in [0.717, 1.165) is 6.07 Å². The Morgan fingerprint density at radius 1 is 1.43 bits per heavy atom. The summed E-state index contributed by atoms with van der Waals surface area (Å²) < 4.78 is 46.4. The number of aromatic nitrogens is 1. The zero-order valence-electron chi connectivity index (χ0n) is 12.9. The number of benzene rings is 1. The molecule has 7 heteroatoms. The summed E-state index contributed by atoms with van der Waals surface area (Å²) in [6.45, 7) is 3.37. The monoisotopic (exact) mass is 324 g/mol. The van der Waals surface area contributed by atoms with Crippen LogP contribution in [0.3, 0.4) is 0 Å². The van der Waals surface area contributed by atoms with Gasteiger partial charge in [0, 0.05) is 16.6 Å². The normalized spacial score (nSPS) is 12.9. The minimum Gasteiger partial charge on any atom is -0.467 e. The van der Waals surface area contributed by atoms with E-state index >= 15 is 0 Å². The number of halogens is 3. The number of alkyl halides is 3. The predicted molar refractivity (Wildman–Crippen MR) is 77.7 cm³/mol. The maximum Gasteiger partial charge on any atom is 0.418 e. The molecule has 0 aliphatic heterocycles. The minimum absolute atomic E-state index is 0.0867. The Morgan fingerprint density at radius 2 is 2.09 bits per heavy atom. The molecule has 0 saturated carbocycles. The summed E-state index contributed by atoms with van der Waals surface area (Å²) in [6.07, 6.45) is -4.28. The minimum atomic E-state index is -4.66. The van der Waals surface area contributed by atoms with E-state index in [2.05, 4.69) is 0 Å². The fourth-order valence-corrected chi connectivity index (χ4v) is 2.84.